The largest absolute Gasteiger partial charge is 0.314 e. The summed E-state index contributed by atoms with van der Waals surface area (Å²) in [6, 6.07) is 2.55. The Hall–Kier alpha value is -0.0800. The Morgan fingerprint density at radius 3 is 2.21 bits per heavy atom. The van der Waals surface area contributed by atoms with E-state index in [-0.39, 0.29) is 0 Å². The van der Waals surface area contributed by atoms with Crippen molar-refractivity contribution in [3.8, 4) is 0 Å². The predicted molar refractivity (Wildman–Crippen MR) is 81.3 cm³/mol. The van der Waals surface area contributed by atoms with Crippen molar-refractivity contribution in [3.63, 3.8) is 0 Å². The zero-order chi connectivity index (χ0) is 13.2. The van der Waals surface area contributed by atoms with E-state index < -0.39 is 0 Å². The molecular formula is C17H32N2. The molecule has 0 radical (unpaired) electrons. The fourth-order valence-electron chi connectivity index (χ4n) is 4.65. The molecule has 2 heterocycles. The molecule has 2 heteroatoms. The highest BCUT2D eigenvalue weighted by Crippen LogP contribution is 2.33. The quantitative estimate of drug-likeness (QED) is 0.840. The monoisotopic (exact) mass is 264 g/mol. The third-order valence-corrected chi connectivity index (χ3v) is 6.17. The van der Waals surface area contributed by atoms with Crippen molar-refractivity contribution in [2.24, 2.45) is 11.8 Å². The average molecular weight is 264 g/mol. The highest BCUT2D eigenvalue weighted by molar-refractivity contribution is 4.93. The van der Waals surface area contributed by atoms with E-state index in [1.165, 1.54) is 64.3 Å². The molecule has 2 bridgehead atoms. The first-order chi connectivity index (χ1) is 9.22. The maximum atomic E-state index is 3.93. The lowest BCUT2D eigenvalue weighted by Gasteiger charge is -2.47. The number of piperidine rings is 2. The summed E-state index contributed by atoms with van der Waals surface area (Å²) in [4.78, 5) is 2.67. The van der Waals surface area contributed by atoms with Crippen LogP contribution in [0.5, 0.6) is 0 Å². The van der Waals surface area contributed by atoms with E-state index in [0.29, 0.717) is 0 Å². The van der Waals surface area contributed by atoms with Crippen LogP contribution < -0.4 is 5.32 Å². The second-order valence-corrected chi connectivity index (χ2v) is 7.61. The number of hydrogen-bond acceptors (Lipinski definition) is 2. The lowest BCUT2D eigenvalue weighted by molar-refractivity contribution is 0.0471. The lowest BCUT2D eigenvalue weighted by Crippen LogP contribution is -2.54. The summed E-state index contributed by atoms with van der Waals surface area (Å²) in [5, 5.41) is 3.93. The first kappa shape index (κ1) is 13.9. The smallest absolute Gasteiger partial charge is 0.0110 e. The van der Waals surface area contributed by atoms with Crippen LogP contribution >= 0.6 is 0 Å². The number of rotatable bonds is 3. The topological polar surface area (TPSA) is 15.3 Å². The van der Waals surface area contributed by atoms with E-state index in [1.54, 1.807) is 0 Å². The molecule has 2 unspecified atom stereocenters. The van der Waals surface area contributed by atoms with Gasteiger partial charge in [-0.25, -0.2) is 0 Å². The summed E-state index contributed by atoms with van der Waals surface area (Å²) in [6.45, 7) is 3.71. The third-order valence-electron chi connectivity index (χ3n) is 6.17. The van der Waals surface area contributed by atoms with E-state index >= 15 is 0 Å². The minimum absolute atomic E-state index is 0.811. The average Bonchev–Trinajstić information content (AvgIpc) is 2.39. The van der Waals surface area contributed by atoms with E-state index in [4.69, 9.17) is 0 Å². The van der Waals surface area contributed by atoms with E-state index in [1.807, 2.05) is 0 Å². The normalized spacial score (nSPS) is 44.2. The molecule has 3 aliphatic rings. The second-order valence-electron chi connectivity index (χ2n) is 7.61. The zero-order valence-electron chi connectivity index (χ0n) is 12.9. The first-order valence-electron chi connectivity index (χ1n) is 8.67. The molecule has 0 spiro atoms. The summed E-state index contributed by atoms with van der Waals surface area (Å²) >= 11 is 0. The van der Waals surface area contributed by atoms with Crippen LogP contribution in [0.1, 0.15) is 64.7 Å². The van der Waals surface area contributed by atoms with Gasteiger partial charge in [0, 0.05) is 18.1 Å². The van der Waals surface area contributed by atoms with Crippen LogP contribution in [-0.2, 0) is 0 Å². The van der Waals surface area contributed by atoms with Gasteiger partial charge in [-0.05, 0) is 64.0 Å². The SMILES string of the molecule is CC1CCC(CNC2CC3CCCC(C2)N3C)CC1. The Morgan fingerprint density at radius 2 is 1.58 bits per heavy atom. The highest BCUT2D eigenvalue weighted by atomic mass is 15.2. The van der Waals surface area contributed by atoms with Crippen molar-refractivity contribution >= 4 is 0 Å². The molecule has 1 aliphatic carbocycles. The minimum atomic E-state index is 0.811. The van der Waals surface area contributed by atoms with Gasteiger partial charge in [-0.1, -0.05) is 26.2 Å². The Balaban J connectivity index is 1.43. The molecule has 3 rings (SSSR count). The van der Waals surface area contributed by atoms with Crippen LogP contribution in [0.15, 0.2) is 0 Å². The van der Waals surface area contributed by atoms with Gasteiger partial charge in [-0.2, -0.15) is 0 Å². The summed E-state index contributed by atoms with van der Waals surface area (Å²) in [5.41, 5.74) is 0. The second kappa shape index (κ2) is 6.13. The number of nitrogens with zero attached hydrogens (tertiary/aromatic N) is 1. The summed E-state index contributed by atoms with van der Waals surface area (Å²) in [6.07, 6.45) is 13.0. The summed E-state index contributed by atoms with van der Waals surface area (Å²) in [7, 11) is 2.35. The van der Waals surface area contributed by atoms with Crippen molar-refractivity contribution in [3.05, 3.63) is 0 Å². The molecule has 0 aromatic carbocycles. The minimum Gasteiger partial charge on any atom is -0.314 e. The van der Waals surface area contributed by atoms with E-state index in [2.05, 4.69) is 24.2 Å². The number of fused-ring (bicyclic) bond motifs is 2. The van der Waals surface area contributed by atoms with E-state index in [0.717, 1.165) is 30.0 Å². The first-order valence-corrected chi connectivity index (χ1v) is 8.67. The van der Waals surface area contributed by atoms with Crippen molar-refractivity contribution in [1.29, 1.82) is 0 Å². The van der Waals surface area contributed by atoms with Gasteiger partial charge < -0.3 is 10.2 Å². The van der Waals surface area contributed by atoms with E-state index in [9.17, 15) is 0 Å². The molecule has 110 valence electrons. The molecule has 3 fully saturated rings. The van der Waals surface area contributed by atoms with Crippen molar-refractivity contribution < 1.29 is 0 Å². The molecular weight excluding hydrogens is 232 g/mol. The molecule has 1 saturated carbocycles. The van der Waals surface area contributed by atoms with Crippen LogP contribution in [0, 0.1) is 11.8 Å². The van der Waals surface area contributed by atoms with Crippen molar-refractivity contribution in [2.75, 3.05) is 13.6 Å². The standard InChI is InChI=1S/C17H32N2/c1-13-6-8-14(9-7-13)12-18-15-10-16-4-3-5-17(11-15)19(16)2/h13-18H,3-12H2,1-2H3. The highest BCUT2D eigenvalue weighted by Gasteiger charge is 2.35. The van der Waals surface area contributed by atoms with Crippen molar-refractivity contribution in [1.82, 2.24) is 10.2 Å². The van der Waals surface area contributed by atoms with Gasteiger partial charge in [0.15, 0.2) is 0 Å². The van der Waals surface area contributed by atoms with Crippen LogP contribution in [0.2, 0.25) is 0 Å². The number of hydrogen-bond donors (Lipinski definition) is 1. The maximum absolute atomic E-state index is 3.93. The van der Waals surface area contributed by atoms with Crippen molar-refractivity contribution in [2.45, 2.75) is 82.8 Å². The molecule has 2 nitrogen and oxygen atoms in total. The number of nitrogens with one attached hydrogen (secondary N) is 1. The molecule has 2 atom stereocenters. The molecule has 0 aromatic rings. The molecule has 2 aliphatic heterocycles. The van der Waals surface area contributed by atoms with Gasteiger partial charge in [0.1, 0.15) is 0 Å². The van der Waals surface area contributed by atoms with Crippen LogP contribution in [0.3, 0.4) is 0 Å². The molecule has 0 aromatic heterocycles. The third kappa shape index (κ3) is 3.33. The lowest BCUT2D eigenvalue weighted by atomic mass is 9.81. The van der Waals surface area contributed by atoms with Gasteiger partial charge in [0.2, 0.25) is 0 Å². The Labute approximate surface area is 119 Å². The predicted octanol–water partition coefficient (Wildman–Crippen LogP) is 3.42. The molecule has 0 amide bonds. The Bertz CT molecular complexity index is 269. The van der Waals surface area contributed by atoms with Crippen LogP contribution in [-0.4, -0.2) is 36.6 Å². The fraction of sp³-hybridized carbons (Fsp3) is 1.00. The molecule has 19 heavy (non-hydrogen) atoms. The molecule has 2 saturated heterocycles. The summed E-state index contributed by atoms with van der Waals surface area (Å²) in [5.74, 6) is 1.95. The Kier molecular flexibility index (Phi) is 4.48. The Morgan fingerprint density at radius 1 is 0.947 bits per heavy atom. The van der Waals surface area contributed by atoms with Gasteiger partial charge in [-0.15, -0.1) is 0 Å². The van der Waals surface area contributed by atoms with Crippen LogP contribution in [0.4, 0.5) is 0 Å². The van der Waals surface area contributed by atoms with Gasteiger partial charge in [0.05, 0.1) is 0 Å². The van der Waals surface area contributed by atoms with Gasteiger partial charge in [0.25, 0.3) is 0 Å². The van der Waals surface area contributed by atoms with Crippen LogP contribution in [0.25, 0.3) is 0 Å². The van der Waals surface area contributed by atoms with Gasteiger partial charge >= 0.3 is 0 Å². The zero-order valence-corrected chi connectivity index (χ0v) is 12.9. The molecule has 1 N–H and O–H groups in total. The maximum Gasteiger partial charge on any atom is 0.0110 e. The summed E-state index contributed by atoms with van der Waals surface area (Å²) < 4.78 is 0. The van der Waals surface area contributed by atoms with Gasteiger partial charge in [-0.3, -0.25) is 0 Å². The fourth-order valence-corrected chi connectivity index (χ4v) is 4.65.